The van der Waals surface area contributed by atoms with Crippen LogP contribution in [0.5, 0.6) is 0 Å². The summed E-state index contributed by atoms with van der Waals surface area (Å²) in [5.41, 5.74) is -1.06. The zero-order chi connectivity index (χ0) is 49.5. The van der Waals surface area contributed by atoms with Crippen molar-refractivity contribution < 1.29 is 190 Å². The molecule has 0 spiro atoms. The Hall–Kier alpha value is 1.21. The number of rotatable bonds is 20. The van der Waals surface area contributed by atoms with Gasteiger partial charge in [-0.15, -0.1) is 9.79 Å². The molecule has 8 atom stereocenters. The Labute approximate surface area is 445 Å². The first-order chi connectivity index (χ1) is 27.2. The Balaban J connectivity index is -0.000000133. The van der Waals surface area contributed by atoms with Crippen LogP contribution in [0.3, 0.4) is 0 Å². The van der Waals surface area contributed by atoms with Gasteiger partial charge in [-0.1, -0.05) is 67.0 Å². The van der Waals surface area contributed by atoms with E-state index < -0.39 is 93.5 Å². The average molecular weight is 1070 g/mol. The molecule has 1 aromatic carbocycles. The van der Waals surface area contributed by atoms with Crippen LogP contribution in [-0.4, -0.2) is 112 Å². The molecule has 8 N–H and O–H groups in total. The van der Waals surface area contributed by atoms with Crippen LogP contribution in [0.1, 0.15) is 125 Å². The molecule has 0 aliphatic carbocycles. The first-order valence-corrected chi connectivity index (χ1v) is 27.5. The summed E-state index contributed by atoms with van der Waals surface area (Å²) < 4.78 is 126. The maximum Gasteiger partial charge on any atom is 1.00 e. The quantitative estimate of drug-likeness (QED) is 0.0347. The summed E-state index contributed by atoms with van der Waals surface area (Å²) in [7, 11) is -24.6. The van der Waals surface area contributed by atoms with Crippen LogP contribution >= 0.6 is 23.4 Å². The van der Waals surface area contributed by atoms with Gasteiger partial charge in [-0.25, -0.2) is 25.3 Å². The first-order valence-electron chi connectivity index (χ1n) is 18.6. The number of hydrogen-bond acceptors (Lipinski definition) is 14. The minimum Gasteiger partial charge on any atom is -0.748 e. The second kappa shape index (κ2) is 38.0. The molecule has 8 unspecified atom stereocenters. The Kier molecular flexibility index (Phi) is 47.1. The van der Waals surface area contributed by atoms with Crippen molar-refractivity contribution in [2.24, 2.45) is 17.8 Å². The van der Waals surface area contributed by atoms with Gasteiger partial charge >= 0.3 is 124 Å². The van der Waals surface area contributed by atoms with E-state index in [1.807, 2.05) is 6.92 Å². The Morgan fingerprint density at radius 2 is 1.02 bits per heavy atom. The average Bonchev–Trinajstić information content (AvgIpc) is 3.09. The third kappa shape index (κ3) is 41.0. The summed E-state index contributed by atoms with van der Waals surface area (Å²) in [6.45, 7) is 14.9. The fourth-order valence-corrected chi connectivity index (χ4v) is 8.01. The Morgan fingerprint density at radius 3 is 1.27 bits per heavy atom. The van der Waals surface area contributed by atoms with Crippen LogP contribution in [0.15, 0.2) is 29.2 Å². The molecule has 0 radical (unpaired) electrons. The van der Waals surface area contributed by atoms with Crippen molar-refractivity contribution in [3.63, 3.8) is 0 Å². The molecular formula is C33H63Na3O22P3S3+. The SMILES string of the molecule is CCC(C)CC(C)C(=O)O.CCC(CC(C)P(=O)(O)O)c1ccc(S(=O)(=O)[O-])cc1.CCC(CC(C)S(=O)(=O)[O-])C(=O)O.CCC(CC(C)S(=O)(=O)[O-])P(=O)(O)O.O=[P+](O)O.[Na+].[Na+].[Na+]. The van der Waals surface area contributed by atoms with Crippen molar-refractivity contribution in [2.75, 3.05) is 0 Å². The predicted octanol–water partition coefficient (Wildman–Crippen LogP) is -4.49. The molecule has 1 aromatic rings. The van der Waals surface area contributed by atoms with Crippen molar-refractivity contribution in [1.29, 1.82) is 0 Å². The normalized spacial score (nSPS) is 15.2. The molecule has 0 saturated carbocycles. The summed E-state index contributed by atoms with van der Waals surface area (Å²) in [4.78, 5) is 70.6. The molecule has 0 bridgehead atoms. The zero-order valence-corrected chi connectivity index (χ0v) is 49.6. The molecule has 31 heteroatoms. The second-order valence-electron chi connectivity index (χ2n) is 14.2. The zero-order valence-electron chi connectivity index (χ0n) is 38.4. The minimum absolute atomic E-state index is 0. The molecule has 0 heterocycles. The molecule has 0 aromatic heterocycles. The van der Waals surface area contributed by atoms with Gasteiger partial charge in [-0.05, 0) is 88.3 Å². The van der Waals surface area contributed by atoms with Crippen LogP contribution in [0.2, 0.25) is 0 Å². The number of hydrogen-bond donors (Lipinski definition) is 8. The van der Waals surface area contributed by atoms with Crippen molar-refractivity contribution in [3.8, 4) is 0 Å². The summed E-state index contributed by atoms with van der Waals surface area (Å²) in [5, 5.41) is 14.7. The summed E-state index contributed by atoms with van der Waals surface area (Å²) in [6, 6.07) is 5.49. The van der Waals surface area contributed by atoms with Gasteiger partial charge in [0.05, 0.1) is 48.3 Å². The molecule has 64 heavy (non-hydrogen) atoms. The Bertz CT molecular complexity index is 1890. The van der Waals surface area contributed by atoms with Crippen LogP contribution in [0, 0.1) is 17.8 Å². The van der Waals surface area contributed by atoms with Crippen LogP contribution in [0.4, 0.5) is 0 Å². The van der Waals surface area contributed by atoms with E-state index in [2.05, 4.69) is 13.8 Å². The van der Waals surface area contributed by atoms with Crippen LogP contribution in [0.25, 0.3) is 0 Å². The van der Waals surface area contributed by atoms with Crippen LogP contribution < -0.4 is 88.7 Å². The fourth-order valence-electron chi connectivity index (χ4n) is 4.87. The van der Waals surface area contributed by atoms with E-state index in [1.165, 1.54) is 45.0 Å². The van der Waals surface area contributed by atoms with Crippen molar-refractivity contribution in [3.05, 3.63) is 29.8 Å². The summed E-state index contributed by atoms with van der Waals surface area (Å²) in [5.74, 6) is -2.24. The third-order valence-corrected chi connectivity index (χ3v) is 15.3. The standard InChI is InChI=1S/C12H19O6PS.C8H16O2.C7H14O5S.C6H15O6PS.3Na.HO3P/c1-3-10(8-9(2)19(13,14)15)11-4-6-12(7-5-11)20(16,17)18;1-4-6(2)5-7(3)8(9)10;1-3-6(7(8)9)4-5(2)13(10,11)12;1-3-6(13(7,8)9)4-5(2)14(10,11)12;;;;1-4(2)3/h4-7,9-10H,3,8H2,1-2H3,(H2,13,14,15)(H,16,17,18);6-7H,4-5H2,1-3H3,(H,9,10);5-6H,3-4H2,1-2H3,(H,8,9)(H,10,11,12);5-6H,3-4H2,1-2H3,(H2,7,8,9)(H,10,11,12);;;;(H-,1,2,3)/q;;;;3*+1;/p-2. The molecule has 0 aliphatic rings. The van der Waals surface area contributed by atoms with Crippen molar-refractivity contribution in [1.82, 2.24) is 0 Å². The molecule has 362 valence electrons. The monoisotopic (exact) mass is 1070 g/mol. The Morgan fingerprint density at radius 1 is 0.625 bits per heavy atom. The van der Waals surface area contributed by atoms with Gasteiger partial charge in [0.15, 0.2) is 0 Å². The van der Waals surface area contributed by atoms with E-state index in [0.717, 1.165) is 25.3 Å². The van der Waals surface area contributed by atoms with Gasteiger partial charge in [0.2, 0.25) is 0 Å². The van der Waals surface area contributed by atoms with Gasteiger partial charge in [0.25, 0.3) is 0 Å². The number of carboxylic acid groups (broad SMARTS) is 2. The molecule has 0 saturated heterocycles. The van der Waals surface area contributed by atoms with Crippen LogP contribution in [-0.2, 0) is 53.6 Å². The fraction of sp³-hybridized carbons (Fsp3) is 0.758. The van der Waals surface area contributed by atoms with Crippen molar-refractivity contribution in [2.45, 2.75) is 146 Å². The maximum atomic E-state index is 11.2. The molecule has 0 amide bonds. The largest absolute Gasteiger partial charge is 1.00 e. The molecular weight excluding hydrogens is 1010 g/mol. The summed E-state index contributed by atoms with van der Waals surface area (Å²) in [6.07, 6.45) is 2.88. The smallest absolute Gasteiger partial charge is 0.748 e. The number of carbonyl (C=O) groups is 2. The van der Waals surface area contributed by atoms with E-state index in [9.17, 15) is 57.6 Å². The van der Waals surface area contributed by atoms with Gasteiger partial charge in [0, 0.05) is 15.1 Å². The maximum absolute atomic E-state index is 11.2. The minimum atomic E-state index is -4.47. The van der Waals surface area contributed by atoms with E-state index in [1.54, 1.807) is 13.8 Å². The molecule has 0 aliphatic heterocycles. The third-order valence-electron chi connectivity index (χ3n) is 9.20. The molecule has 0 fully saturated rings. The predicted molar refractivity (Wildman–Crippen MR) is 222 cm³/mol. The first kappa shape index (κ1) is 79.3. The van der Waals surface area contributed by atoms with Gasteiger partial charge in [0.1, 0.15) is 10.1 Å². The van der Waals surface area contributed by atoms with Gasteiger partial charge in [-0.3, -0.25) is 18.7 Å². The molecule has 22 nitrogen and oxygen atoms in total. The number of aliphatic carboxylic acids is 2. The molecule has 1 rings (SSSR count). The van der Waals surface area contributed by atoms with E-state index in [0.29, 0.717) is 25.2 Å². The van der Waals surface area contributed by atoms with E-state index >= 15 is 0 Å². The van der Waals surface area contributed by atoms with Gasteiger partial charge in [-0.2, -0.15) is 0 Å². The van der Waals surface area contributed by atoms with E-state index in [4.69, 9.17) is 44.1 Å². The van der Waals surface area contributed by atoms with Gasteiger partial charge < -0.3 is 43.4 Å². The van der Waals surface area contributed by atoms with Crippen molar-refractivity contribution >= 4 is 65.7 Å². The topological polar surface area (TPSA) is 419 Å². The van der Waals surface area contributed by atoms with E-state index in [-0.39, 0.29) is 125 Å². The summed E-state index contributed by atoms with van der Waals surface area (Å²) >= 11 is 0. The number of carboxylic acids is 2. The number of benzene rings is 1. The second-order valence-corrected chi connectivity index (χ2v) is 23.7.